The molecule has 1 rings (SSSR count). The minimum Gasteiger partial charge on any atom is -0.314 e. The molecule has 0 aliphatic rings. The smallest absolute Gasteiger partial charge is 0.0843 e. The SMILES string of the molecule is CC(C)NCCCNCc1cc(Br)c(Br)s1. The highest BCUT2D eigenvalue weighted by Gasteiger charge is 2.03. The lowest BCUT2D eigenvalue weighted by Crippen LogP contribution is -2.26. The summed E-state index contributed by atoms with van der Waals surface area (Å²) >= 11 is 8.77. The molecule has 0 fully saturated rings. The molecule has 0 radical (unpaired) electrons. The second-order valence-corrected chi connectivity index (χ2v) is 7.28. The average Bonchev–Trinajstić information content (AvgIpc) is 2.52. The fourth-order valence-corrected chi connectivity index (χ4v) is 3.44. The van der Waals surface area contributed by atoms with Crippen LogP contribution < -0.4 is 10.6 Å². The van der Waals surface area contributed by atoms with Crippen LogP contribution in [-0.2, 0) is 6.54 Å². The van der Waals surface area contributed by atoms with E-state index < -0.39 is 0 Å². The normalized spacial score (nSPS) is 11.3. The molecule has 92 valence electrons. The van der Waals surface area contributed by atoms with Crippen LogP contribution in [0.15, 0.2) is 14.3 Å². The van der Waals surface area contributed by atoms with Gasteiger partial charge in [0.15, 0.2) is 0 Å². The van der Waals surface area contributed by atoms with Crippen LogP contribution in [0.1, 0.15) is 25.1 Å². The van der Waals surface area contributed by atoms with Crippen molar-refractivity contribution in [3.63, 3.8) is 0 Å². The first-order valence-corrected chi connectivity index (χ1v) is 7.87. The summed E-state index contributed by atoms with van der Waals surface area (Å²) in [6.07, 6.45) is 1.17. The molecule has 0 unspecified atom stereocenters. The van der Waals surface area contributed by atoms with Gasteiger partial charge >= 0.3 is 0 Å². The second kappa shape index (κ2) is 7.82. The highest BCUT2D eigenvalue weighted by atomic mass is 79.9. The fourth-order valence-electron chi connectivity index (χ4n) is 1.29. The summed E-state index contributed by atoms with van der Waals surface area (Å²) in [7, 11) is 0. The van der Waals surface area contributed by atoms with Crippen LogP contribution in [0.25, 0.3) is 0 Å². The molecular weight excluding hydrogens is 352 g/mol. The molecule has 0 saturated carbocycles. The van der Waals surface area contributed by atoms with Gasteiger partial charge in [0.25, 0.3) is 0 Å². The highest BCUT2D eigenvalue weighted by Crippen LogP contribution is 2.32. The molecule has 2 nitrogen and oxygen atoms in total. The molecule has 0 aliphatic heterocycles. The van der Waals surface area contributed by atoms with Crippen molar-refractivity contribution < 1.29 is 0 Å². The fraction of sp³-hybridized carbons (Fsp3) is 0.636. The Balaban J connectivity index is 2.07. The van der Waals surface area contributed by atoms with E-state index in [1.807, 2.05) is 0 Å². The van der Waals surface area contributed by atoms with Crippen molar-refractivity contribution in [1.82, 2.24) is 10.6 Å². The van der Waals surface area contributed by atoms with Gasteiger partial charge in [-0.25, -0.2) is 0 Å². The Hall–Kier alpha value is 0.580. The van der Waals surface area contributed by atoms with Gasteiger partial charge in [-0.1, -0.05) is 13.8 Å². The van der Waals surface area contributed by atoms with E-state index in [-0.39, 0.29) is 0 Å². The Morgan fingerprint density at radius 2 is 2.06 bits per heavy atom. The Bertz CT molecular complexity index is 293. The standard InChI is InChI=1S/C11H18Br2N2S/c1-8(2)15-5-3-4-14-7-9-6-10(12)11(13)16-9/h6,8,14-15H,3-5,7H2,1-2H3. The van der Waals surface area contributed by atoms with Crippen molar-refractivity contribution in [2.45, 2.75) is 32.9 Å². The third-order valence-corrected chi connectivity index (χ3v) is 5.33. The molecule has 0 aromatic carbocycles. The Morgan fingerprint density at radius 3 is 2.62 bits per heavy atom. The molecule has 0 spiro atoms. The second-order valence-electron chi connectivity index (χ2n) is 3.97. The van der Waals surface area contributed by atoms with Crippen LogP contribution in [0.4, 0.5) is 0 Å². The molecule has 16 heavy (non-hydrogen) atoms. The van der Waals surface area contributed by atoms with Crippen molar-refractivity contribution in [2.24, 2.45) is 0 Å². The van der Waals surface area contributed by atoms with Gasteiger partial charge in [-0.05, 0) is 57.4 Å². The lowest BCUT2D eigenvalue weighted by molar-refractivity contribution is 0.548. The van der Waals surface area contributed by atoms with Crippen molar-refractivity contribution in [3.8, 4) is 0 Å². The summed E-state index contributed by atoms with van der Waals surface area (Å²) in [6.45, 7) is 7.45. The van der Waals surface area contributed by atoms with Crippen LogP contribution >= 0.6 is 43.2 Å². The molecule has 1 aromatic heterocycles. The zero-order valence-corrected chi connectivity index (χ0v) is 13.6. The first-order chi connectivity index (χ1) is 7.59. The van der Waals surface area contributed by atoms with Crippen LogP contribution in [-0.4, -0.2) is 19.1 Å². The van der Waals surface area contributed by atoms with E-state index >= 15 is 0 Å². The number of nitrogens with one attached hydrogen (secondary N) is 2. The topological polar surface area (TPSA) is 24.1 Å². The number of hydrogen-bond donors (Lipinski definition) is 2. The first-order valence-electron chi connectivity index (χ1n) is 5.47. The number of thiophene rings is 1. The number of rotatable bonds is 7. The third kappa shape index (κ3) is 5.77. The molecule has 1 heterocycles. The summed E-state index contributed by atoms with van der Waals surface area (Å²) in [4.78, 5) is 1.36. The molecule has 2 N–H and O–H groups in total. The van der Waals surface area contributed by atoms with Crippen LogP contribution in [0, 0.1) is 0 Å². The maximum Gasteiger partial charge on any atom is 0.0843 e. The quantitative estimate of drug-likeness (QED) is 0.715. The Labute approximate surface area is 118 Å². The summed E-state index contributed by atoms with van der Waals surface area (Å²) in [5, 5.41) is 6.85. The molecule has 0 bridgehead atoms. The molecule has 0 atom stereocenters. The van der Waals surface area contributed by atoms with Gasteiger partial charge in [0.2, 0.25) is 0 Å². The van der Waals surface area contributed by atoms with Gasteiger partial charge in [-0.3, -0.25) is 0 Å². The van der Waals surface area contributed by atoms with Crippen LogP contribution in [0.2, 0.25) is 0 Å². The predicted molar refractivity (Wildman–Crippen MR) is 79.2 cm³/mol. The first kappa shape index (κ1) is 14.6. The van der Waals surface area contributed by atoms with Gasteiger partial charge in [-0.2, -0.15) is 0 Å². The molecular formula is C11H18Br2N2S. The van der Waals surface area contributed by atoms with Gasteiger partial charge in [0.1, 0.15) is 0 Å². The van der Waals surface area contributed by atoms with Gasteiger partial charge in [-0.15, -0.1) is 11.3 Å². The predicted octanol–water partition coefficient (Wildman–Crippen LogP) is 3.75. The van der Waals surface area contributed by atoms with Gasteiger partial charge in [0, 0.05) is 21.9 Å². The Morgan fingerprint density at radius 1 is 1.31 bits per heavy atom. The van der Waals surface area contributed by atoms with Crippen LogP contribution in [0.5, 0.6) is 0 Å². The lowest BCUT2D eigenvalue weighted by atomic mass is 10.3. The molecule has 5 heteroatoms. The summed E-state index contributed by atoms with van der Waals surface area (Å²) < 4.78 is 2.32. The van der Waals surface area contributed by atoms with Crippen molar-refractivity contribution >= 4 is 43.2 Å². The van der Waals surface area contributed by atoms with E-state index in [0.717, 1.165) is 24.1 Å². The summed E-state index contributed by atoms with van der Waals surface area (Å²) in [6, 6.07) is 2.75. The van der Waals surface area contributed by atoms with Crippen molar-refractivity contribution in [3.05, 3.63) is 19.2 Å². The maximum absolute atomic E-state index is 3.50. The van der Waals surface area contributed by atoms with E-state index in [1.54, 1.807) is 11.3 Å². The average molecular weight is 370 g/mol. The number of halogens is 2. The van der Waals surface area contributed by atoms with Crippen LogP contribution in [0.3, 0.4) is 0 Å². The zero-order valence-electron chi connectivity index (χ0n) is 9.65. The van der Waals surface area contributed by atoms with Gasteiger partial charge in [0.05, 0.1) is 3.79 Å². The van der Waals surface area contributed by atoms with E-state index in [9.17, 15) is 0 Å². The minimum atomic E-state index is 0.587. The van der Waals surface area contributed by atoms with Gasteiger partial charge < -0.3 is 10.6 Å². The van der Waals surface area contributed by atoms with E-state index in [1.165, 1.54) is 15.1 Å². The lowest BCUT2D eigenvalue weighted by Gasteiger charge is -2.07. The maximum atomic E-state index is 3.50. The summed E-state index contributed by atoms with van der Waals surface area (Å²) in [5.41, 5.74) is 0. The van der Waals surface area contributed by atoms with Crippen molar-refractivity contribution in [2.75, 3.05) is 13.1 Å². The monoisotopic (exact) mass is 368 g/mol. The molecule has 0 aliphatic carbocycles. The van der Waals surface area contributed by atoms with Crippen molar-refractivity contribution in [1.29, 1.82) is 0 Å². The summed E-state index contributed by atoms with van der Waals surface area (Å²) in [5.74, 6) is 0. The molecule has 0 amide bonds. The Kier molecular flexibility index (Phi) is 7.16. The highest BCUT2D eigenvalue weighted by molar-refractivity contribution is 9.13. The van der Waals surface area contributed by atoms with E-state index in [2.05, 4.69) is 62.4 Å². The van der Waals surface area contributed by atoms with E-state index in [4.69, 9.17) is 0 Å². The third-order valence-electron chi connectivity index (χ3n) is 2.08. The minimum absolute atomic E-state index is 0.587. The van der Waals surface area contributed by atoms with E-state index in [0.29, 0.717) is 6.04 Å². The molecule has 1 aromatic rings. The molecule has 0 saturated heterocycles. The number of hydrogen-bond acceptors (Lipinski definition) is 3. The zero-order chi connectivity index (χ0) is 12.0. The largest absolute Gasteiger partial charge is 0.314 e.